The average molecular weight is 150 g/mol. The molecule has 0 aromatic carbocycles. The largest absolute Gasteiger partial charge is 0.158 e. The maximum atomic E-state index is 5.54. The summed E-state index contributed by atoms with van der Waals surface area (Å²) in [6, 6.07) is 0. The Morgan fingerprint density at radius 3 is 2.88 bits per heavy atom. The third kappa shape index (κ3) is 6.38. The molecule has 47 valence electrons. The minimum Gasteiger partial charge on any atom is -0.158 e. The van der Waals surface area contributed by atoms with Crippen LogP contribution in [-0.2, 0) is 0 Å². The van der Waals surface area contributed by atoms with E-state index in [1.165, 1.54) is 0 Å². The molecule has 0 atom stereocenters. The normalized spacial score (nSPS) is 12.1. The van der Waals surface area contributed by atoms with E-state index < -0.39 is 0 Å². The van der Waals surface area contributed by atoms with E-state index in [2.05, 4.69) is 6.92 Å². The minimum absolute atomic E-state index is 0.867. The van der Waals surface area contributed by atoms with Gasteiger partial charge in [-0.15, -0.1) is 0 Å². The van der Waals surface area contributed by atoms with Gasteiger partial charge in [0.15, 0.2) is 0 Å². The van der Waals surface area contributed by atoms with Gasteiger partial charge in [-0.25, -0.2) is 0 Å². The second kappa shape index (κ2) is 5.52. The maximum absolute atomic E-state index is 5.54. The monoisotopic (exact) mass is 149 g/mol. The van der Waals surface area contributed by atoms with E-state index in [-0.39, 0.29) is 0 Å². The van der Waals surface area contributed by atoms with E-state index in [9.17, 15) is 0 Å². The molecule has 0 aliphatic carbocycles. The Balaban J connectivity index is 3.03. The Morgan fingerprint density at radius 1 is 1.88 bits per heavy atom. The highest BCUT2D eigenvalue weighted by Gasteiger charge is 1.79. The molecule has 8 heavy (non-hydrogen) atoms. The molecule has 0 saturated carbocycles. The molecule has 0 saturated heterocycles. The molecule has 0 aliphatic heterocycles. The first-order chi connectivity index (χ1) is 3.77. The van der Waals surface area contributed by atoms with Crippen LogP contribution in [-0.4, -0.2) is 11.5 Å². The number of allylic oxidation sites excluding steroid dienone is 1. The van der Waals surface area contributed by atoms with Crippen LogP contribution in [0.5, 0.6) is 0 Å². The topological polar surface area (TPSA) is 0 Å². The van der Waals surface area contributed by atoms with Crippen molar-refractivity contribution >= 4 is 23.4 Å². The molecular formula is C6H10ClS. The van der Waals surface area contributed by atoms with Crippen molar-refractivity contribution in [1.82, 2.24) is 0 Å². The molecule has 0 rings (SSSR count). The predicted molar refractivity (Wildman–Crippen MR) is 42.3 cm³/mol. The molecule has 0 aliphatic rings. The summed E-state index contributed by atoms with van der Waals surface area (Å²) in [6.45, 7) is 5.55. The third-order valence-electron chi connectivity index (χ3n) is 0.627. The quantitative estimate of drug-likeness (QED) is 0.556. The molecule has 0 heterocycles. The van der Waals surface area contributed by atoms with Crippen LogP contribution in [0.1, 0.15) is 6.92 Å². The summed E-state index contributed by atoms with van der Waals surface area (Å²) in [4.78, 5) is 0. The van der Waals surface area contributed by atoms with E-state index in [0.717, 1.165) is 16.5 Å². The van der Waals surface area contributed by atoms with Crippen LogP contribution in [0.3, 0.4) is 0 Å². The Kier molecular flexibility index (Phi) is 5.78. The van der Waals surface area contributed by atoms with Gasteiger partial charge in [0.1, 0.15) is 0 Å². The maximum Gasteiger partial charge on any atom is 0.0127 e. The van der Waals surface area contributed by atoms with Crippen molar-refractivity contribution in [3.63, 3.8) is 0 Å². The fraction of sp³-hybridized carbons (Fsp3) is 0.500. The number of hydrogen-bond acceptors (Lipinski definition) is 1. The van der Waals surface area contributed by atoms with E-state index in [1.54, 1.807) is 11.8 Å². The lowest BCUT2D eigenvalue weighted by Gasteiger charge is -1.87. The average Bonchev–Trinajstić information content (AvgIpc) is 1.66. The van der Waals surface area contributed by atoms with Crippen molar-refractivity contribution < 1.29 is 0 Å². The smallest absolute Gasteiger partial charge is 0.0127 e. The van der Waals surface area contributed by atoms with Gasteiger partial charge in [0.05, 0.1) is 0 Å². The summed E-state index contributed by atoms with van der Waals surface area (Å²) < 4.78 is 0. The summed E-state index contributed by atoms with van der Waals surface area (Å²) in [5.74, 6) is 1.90. The van der Waals surface area contributed by atoms with Gasteiger partial charge in [0, 0.05) is 10.8 Å². The van der Waals surface area contributed by atoms with E-state index in [4.69, 9.17) is 11.6 Å². The van der Waals surface area contributed by atoms with Gasteiger partial charge in [-0.2, -0.15) is 11.8 Å². The van der Waals surface area contributed by atoms with Crippen molar-refractivity contribution in [3.8, 4) is 0 Å². The van der Waals surface area contributed by atoms with Crippen LogP contribution in [0, 0.1) is 6.92 Å². The van der Waals surface area contributed by atoms with Crippen molar-refractivity contribution in [2.24, 2.45) is 0 Å². The van der Waals surface area contributed by atoms with Crippen LogP contribution >= 0.6 is 23.4 Å². The standard InChI is InChI=1S/C6H10ClS/c1-3-8-5-4-6(2)7/h4H,1,3,5H2,2H3/b6-4+. The van der Waals surface area contributed by atoms with Gasteiger partial charge in [0.2, 0.25) is 0 Å². The Morgan fingerprint density at radius 2 is 2.50 bits per heavy atom. The lowest BCUT2D eigenvalue weighted by atomic mass is 10.6. The molecule has 0 aromatic rings. The fourth-order valence-electron chi connectivity index (χ4n) is 0.257. The highest BCUT2D eigenvalue weighted by molar-refractivity contribution is 7.99. The number of rotatable bonds is 3. The van der Waals surface area contributed by atoms with Gasteiger partial charge in [-0.3, -0.25) is 0 Å². The lowest BCUT2D eigenvalue weighted by Crippen LogP contribution is -1.72. The molecule has 0 nitrogen and oxygen atoms in total. The van der Waals surface area contributed by atoms with E-state index in [0.29, 0.717) is 0 Å². The molecule has 0 N–H and O–H groups in total. The van der Waals surface area contributed by atoms with Crippen molar-refractivity contribution in [1.29, 1.82) is 0 Å². The van der Waals surface area contributed by atoms with Gasteiger partial charge in [-0.05, 0) is 19.6 Å². The second-order valence-corrected chi connectivity index (χ2v) is 3.11. The van der Waals surface area contributed by atoms with Crippen LogP contribution < -0.4 is 0 Å². The van der Waals surface area contributed by atoms with E-state index >= 15 is 0 Å². The zero-order valence-corrected chi connectivity index (χ0v) is 6.56. The molecule has 0 spiro atoms. The molecule has 2 heteroatoms. The van der Waals surface area contributed by atoms with Crippen LogP contribution in [0.15, 0.2) is 11.1 Å². The zero-order chi connectivity index (χ0) is 6.41. The summed E-state index contributed by atoms with van der Waals surface area (Å²) in [5.41, 5.74) is 0. The SMILES string of the molecule is [CH2]CSC/C=C(\C)Cl. The molecule has 0 unspecified atom stereocenters. The number of halogens is 1. The summed E-state index contributed by atoms with van der Waals surface area (Å²) in [5, 5.41) is 0.867. The molecule has 0 amide bonds. The Labute approximate surface area is 60.3 Å². The summed E-state index contributed by atoms with van der Waals surface area (Å²) in [7, 11) is 0. The van der Waals surface area contributed by atoms with Gasteiger partial charge < -0.3 is 0 Å². The highest BCUT2D eigenvalue weighted by atomic mass is 35.5. The van der Waals surface area contributed by atoms with Gasteiger partial charge >= 0.3 is 0 Å². The first-order valence-corrected chi connectivity index (χ1v) is 4.00. The third-order valence-corrected chi connectivity index (χ3v) is 1.47. The van der Waals surface area contributed by atoms with Crippen LogP contribution in [0.4, 0.5) is 0 Å². The molecule has 1 radical (unpaired) electrons. The lowest BCUT2D eigenvalue weighted by molar-refractivity contribution is 1.59. The predicted octanol–water partition coefficient (Wildman–Crippen LogP) is 2.70. The molecular weight excluding hydrogens is 140 g/mol. The zero-order valence-electron chi connectivity index (χ0n) is 4.98. The van der Waals surface area contributed by atoms with Crippen molar-refractivity contribution in [3.05, 3.63) is 18.0 Å². The minimum atomic E-state index is 0.867. The molecule has 0 aromatic heterocycles. The first kappa shape index (κ1) is 8.38. The van der Waals surface area contributed by atoms with Gasteiger partial charge in [0.25, 0.3) is 0 Å². The summed E-state index contributed by atoms with van der Waals surface area (Å²) >= 11 is 7.31. The summed E-state index contributed by atoms with van der Waals surface area (Å²) in [6.07, 6.45) is 1.98. The highest BCUT2D eigenvalue weighted by Crippen LogP contribution is 2.03. The Bertz CT molecular complexity index is 74.6. The number of thioether (sulfide) groups is 1. The van der Waals surface area contributed by atoms with Crippen molar-refractivity contribution in [2.45, 2.75) is 6.92 Å². The van der Waals surface area contributed by atoms with Crippen LogP contribution in [0.2, 0.25) is 0 Å². The first-order valence-electron chi connectivity index (χ1n) is 2.46. The molecule has 0 fully saturated rings. The molecule has 0 bridgehead atoms. The fourth-order valence-corrected chi connectivity index (χ4v) is 0.960. The Hall–Kier alpha value is 0.380. The van der Waals surface area contributed by atoms with Crippen molar-refractivity contribution in [2.75, 3.05) is 11.5 Å². The van der Waals surface area contributed by atoms with Crippen LogP contribution in [0.25, 0.3) is 0 Å². The van der Waals surface area contributed by atoms with Gasteiger partial charge in [-0.1, -0.05) is 17.7 Å². The second-order valence-electron chi connectivity index (χ2n) is 1.37. The van der Waals surface area contributed by atoms with E-state index in [1.807, 2.05) is 13.0 Å². The number of hydrogen-bond donors (Lipinski definition) is 0.